The molecule has 3 aromatic rings. The predicted molar refractivity (Wildman–Crippen MR) is 79.3 cm³/mol. The highest BCUT2D eigenvalue weighted by Crippen LogP contribution is 2.26. The minimum atomic E-state index is 0.376. The number of hydrogen-bond donors (Lipinski definition) is 0. The van der Waals surface area contributed by atoms with E-state index in [2.05, 4.69) is 41.9 Å². The standard InChI is InChI=1S/C16H15N3O/c1-3-10-20-19-17-15-9-5-8-14(16(15)18-19)13-7-4-6-12(2)11-13/h3-9,11H,1,10H2,2H3. The number of nitrogens with zero attached hydrogens (tertiary/aromatic N) is 3. The van der Waals surface area contributed by atoms with E-state index in [0.29, 0.717) is 6.61 Å². The molecule has 3 rings (SSSR count). The fraction of sp³-hybridized carbons (Fsp3) is 0.125. The van der Waals surface area contributed by atoms with Gasteiger partial charge in [-0.1, -0.05) is 54.6 Å². The van der Waals surface area contributed by atoms with Crippen LogP contribution in [-0.4, -0.2) is 21.8 Å². The predicted octanol–water partition coefficient (Wildman–Crippen LogP) is 3.02. The highest BCUT2D eigenvalue weighted by molar-refractivity contribution is 5.91. The van der Waals surface area contributed by atoms with Gasteiger partial charge < -0.3 is 4.84 Å². The molecule has 0 aliphatic rings. The molecule has 0 radical (unpaired) electrons. The van der Waals surface area contributed by atoms with Crippen molar-refractivity contribution in [3.05, 3.63) is 60.7 Å². The molecule has 4 nitrogen and oxygen atoms in total. The van der Waals surface area contributed by atoms with Gasteiger partial charge in [0.2, 0.25) is 0 Å². The van der Waals surface area contributed by atoms with Gasteiger partial charge in [0.05, 0.1) is 0 Å². The molecular formula is C16H15N3O. The SMILES string of the molecule is C=CCOn1nc2cccc(-c3cccc(C)c3)c2n1. The molecule has 0 amide bonds. The van der Waals surface area contributed by atoms with Crippen molar-refractivity contribution in [2.75, 3.05) is 6.61 Å². The fourth-order valence-electron chi connectivity index (χ4n) is 2.14. The van der Waals surface area contributed by atoms with E-state index in [4.69, 9.17) is 4.84 Å². The van der Waals surface area contributed by atoms with Crippen molar-refractivity contribution in [1.29, 1.82) is 0 Å². The quantitative estimate of drug-likeness (QED) is 0.681. The Morgan fingerprint density at radius 2 is 2.05 bits per heavy atom. The maximum absolute atomic E-state index is 5.33. The largest absolute Gasteiger partial charge is 0.377 e. The third-order valence-corrected chi connectivity index (χ3v) is 3.03. The number of rotatable bonds is 4. The van der Waals surface area contributed by atoms with Crippen LogP contribution in [0.5, 0.6) is 0 Å². The molecule has 4 heteroatoms. The number of hydrogen-bond acceptors (Lipinski definition) is 3. The zero-order valence-corrected chi connectivity index (χ0v) is 11.3. The van der Waals surface area contributed by atoms with Gasteiger partial charge in [-0.15, -0.1) is 10.2 Å². The Kier molecular flexibility index (Phi) is 3.21. The van der Waals surface area contributed by atoms with Gasteiger partial charge in [0, 0.05) is 5.56 Å². The van der Waals surface area contributed by atoms with Crippen molar-refractivity contribution in [3.8, 4) is 11.1 Å². The van der Waals surface area contributed by atoms with Crippen molar-refractivity contribution >= 4 is 11.0 Å². The number of fused-ring (bicyclic) bond motifs is 1. The van der Waals surface area contributed by atoms with Crippen LogP contribution in [0.25, 0.3) is 22.2 Å². The molecule has 0 saturated heterocycles. The van der Waals surface area contributed by atoms with E-state index in [9.17, 15) is 0 Å². The van der Waals surface area contributed by atoms with E-state index in [1.54, 1.807) is 6.08 Å². The van der Waals surface area contributed by atoms with E-state index < -0.39 is 0 Å². The van der Waals surface area contributed by atoms with Crippen molar-refractivity contribution in [2.24, 2.45) is 0 Å². The van der Waals surface area contributed by atoms with Crippen LogP contribution in [0.2, 0.25) is 0 Å². The van der Waals surface area contributed by atoms with Crippen LogP contribution < -0.4 is 4.84 Å². The second-order valence-electron chi connectivity index (χ2n) is 4.58. The first-order chi connectivity index (χ1) is 9.78. The van der Waals surface area contributed by atoms with Crippen molar-refractivity contribution < 1.29 is 4.84 Å². The van der Waals surface area contributed by atoms with Crippen molar-refractivity contribution in [1.82, 2.24) is 15.2 Å². The van der Waals surface area contributed by atoms with Crippen LogP contribution in [0.3, 0.4) is 0 Å². The minimum Gasteiger partial charge on any atom is -0.377 e. The average Bonchev–Trinajstić information content (AvgIpc) is 2.87. The summed E-state index contributed by atoms with van der Waals surface area (Å²) < 4.78 is 0. The van der Waals surface area contributed by atoms with E-state index >= 15 is 0 Å². The molecular weight excluding hydrogens is 250 g/mol. The topological polar surface area (TPSA) is 39.9 Å². The Bertz CT molecular complexity index is 761. The summed E-state index contributed by atoms with van der Waals surface area (Å²) in [5.41, 5.74) is 5.05. The van der Waals surface area contributed by atoms with Gasteiger partial charge in [0.25, 0.3) is 0 Å². The van der Waals surface area contributed by atoms with Gasteiger partial charge in [-0.3, -0.25) is 0 Å². The Morgan fingerprint density at radius 1 is 1.20 bits per heavy atom. The van der Waals surface area contributed by atoms with Crippen LogP contribution in [-0.2, 0) is 0 Å². The van der Waals surface area contributed by atoms with Gasteiger partial charge in [0.15, 0.2) is 0 Å². The summed E-state index contributed by atoms with van der Waals surface area (Å²) >= 11 is 0. The van der Waals surface area contributed by atoms with E-state index in [0.717, 1.165) is 22.2 Å². The number of aryl methyl sites for hydroxylation is 1. The maximum atomic E-state index is 5.33. The molecule has 0 aliphatic carbocycles. The molecule has 0 N–H and O–H groups in total. The summed E-state index contributed by atoms with van der Waals surface area (Å²) in [5.74, 6) is 0. The molecule has 0 aliphatic heterocycles. The zero-order valence-electron chi connectivity index (χ0n) is 11.3. The van der Waals surface area contributed by atoms with Crippen LogP contribution in [0, 0.1) is 6.92 Å². The Morgan fingerprint density at radius 3 is 2.85 bits per heavy atom. The molecule has 0 saturated carbocycles. The molecule has 1 heterocycles. The van der Waals surface area contributed by atoms with Gasteiger partial charge in [-0.05, 0) is 23.5 Å². The highest BCUT2D eigenvalue weighted by atomic mass is 16.7. The summed E-state index contributed by atoms with van der Waals surface area (Å²) in [6.45, 7) is 6.06. The second kappa shape index (κ2) is 5.17. The number of aromatic nitrogens is 3. The smallest absolute Gasteiger partial charge is 0.136 e. The van der Waals surface area contributed by atoms with Gasteiger partial charge in [-0.2, -0.15) is 0 Å². The summed E-state index contributed by atoms with van der Waals surface area (Å²) in [6, 6.07) is 14.3. The lowest BCUT2D eigenvalue weighted by molar-refractivity contribution is 0.0756. The molecule has 0 atom stereocenters. The average molecular weight is 265 g/mol. The van der Waals surface area contributed by atoms with Crippen LogP contribution in [0.4, 0.5) is 0 Å². The Labute approximate surface area is 117 Å². The van der Waals surface area contributed by atoms with Crippen LogP contribution in [0.1, 0.15) is 5.56 Å². The molecule has 100 valence electrons. The summed E-state index contributed by atoms with van der Waals surface area (Å²) in [5, 5.41) is 8.69. The molecule has 20 heavy (non-hydrogen) atoms. The highest BCUT2D eigenvalue weighted by Gasteiger charge is 2.09. The molecule has 0 bridgehead atoms. The third-order valence-electron chi connectivity index (χ3n) is 3.03. The monoisotopic (exact) mass is 265 g/mol. The minimum absolute atomic E-state index is 0.376. The summed E-state index contributed by atoms with van der Waals surface area (Å²) in [4.78, 5) is 6.59. The second-order valence-corrected chi connectivity index (χ2v) is 4.58. The lowest BCUT2D eigenvalue weighted by atomic mass is 10.0. The first kappa shape index (κ1) is 12.4. The maximum Gasteiger partial charge on any atom is 0.136 e. The Hall–Kier alpha value is -2.62. The molecule has 1 aromatic heterocycles. The van der Waals surface area contributed by atoms with Gasteiger partial charge >= 0.3 is 0 Å². The lowest BCUT2D eigenvalue weighted by Crippen LogP contribution is -2.14. The lowest BCUT2D eigenvalue weighted by Gasteiger charge is -2.02. The fourth-order valence-corrected chi connectivity index (χ4v) is 2.14. The summed E-state index contributed by atoms with van der Waals surface area (Å²) in [6.07, 6.45) is 1.66. The zero-order chi connectivity index (χ0) is 13.9. The first-order valence-corrected chi connectivity index (χ1v) is 6.45. The Balaban J connectivity index is 2.11. The first-order valence-electron chi connectivity index (χ1n) is 6.45. The van der Waals surface area contributed by atoms with E-state index in [-0.39, 0.29) is 0 Å². The molecule has 0 unspecified atom stereocenters. The van der Waals surface area contributed by atoms with Crippen LogP contribution >= 0.6 is 0 Å². The number of benzene rings is 2. The molecule has 0 fully saturated rings. The van der Waals surface area contributed by atoms with Gasteiger partial charge in [-0.25, -0.2) is 0 Å². The van der Waals surface area contributed by atoms with Gasteiger partial charge in [0.1, 0.15) is 17.6 Å². The van der Waals surface area contributed by atoms with E-state index in [1.165, 1.54) is 10.5 Å². The van der Waals surface area contributed by atoms with Crippen molar-refractivity contribution in [3.63, 3.8) is 0 Å². The van der Waals surface area contributed by atoms with E-state index in [1.807, 2.05) is 24.3 Å². The summed E-state index contributed by atoms with van der Waals surface area (Å²) in [7, 11) is 0. The normalized spacial score (nSPS) is 10.7. The molecule has 2 aromatic carbocycles. The molecule has 0 spiro atoms. The van der Waals surface area contributed by atoms with Crippen LogP contribution in [0.15, 0.2) is 55.1 Å². The third kappa shape index (κ3) is 2.28. The van der Waals surface area contributed by atoms with Crippen molar-refractivity contribution in [2.45, 2.75) is 6.92 Å².